The van der Waals surface area contributed by atoms with Crippen LogP contribution in [0.2, 0.25) is 0 Å². The molecule has 2 aromatic rings. The highest BCUT2D eigenvalue weighted by atomic mass is 16.6. The highest BCUT2D eigenvalue weighted by molar-refractivity contribution is 5.92. The maximum absolute atomic E-state index is 13.4. The predicted octanol–water partition coefficient (Wildman–Crippen LogP) is 3.79. The average Bonchev–Trinajstić information content (AvgIpc) is 3.02. The van der Waals surface area contributed by atoms with Crippen LogP contribution in [0.1, 0.15) is 60.3 Å². The lowest BCUT2D eigenvalue weighted by Crippen LogP contribution is -2.37. The minimum Gasteiger partial charge on any atom is -0.441 e. The Labute approximate surface area is 200 Å². The Morgan fingerprint density at radius 3 is 2.59 bits per heavy atom. The van der Waals surface area contributed by atoms with E-state index < -0.39 is 5.60 Å². The lowest BCUT2D eigenvalue weighted by atomic mass is 9.95. The third kappa shape index (κ3) is 4.86. The van der Waals surface area contributed by atoms with Gasteiger partial charge in [-0.05, 0) is 50.7 Å². The van der Waals surface area contributed by atoms with Crippen LogP contribution in [0.5, 0.6) is 0 Å². The van der Waals surface area contributed by atoms with Crippen LogP contribution in [0.15, 0.2) is 36.4 Å². The number of carbonyl (C=O) groups is 2. The summed E-state index contributed by atoms with van der Waals surface area (Å²) in [6.07, 6.45) is 5.43. The number of likely N-dealkylation sites (tertiary alicyclic amines) is 1. The van der Waals surface area contributed by atoms with Gasteiger partial charge < -0.3 is 14.5 Å². The monoisotopic (exact) mass is 463 g/mol. The molecule has 1 aromatic heterocycles. The van der Waals surface area contributed by atoms with Crippen molar-refractivity contribution in [1.82, 2.24) is 19.8 Å². The fourth-order valence-electron chi connectivity index (χ4n) is 5.31. The number of rotatable bonds is 4. The van der Waals surface area contributed by atoms with Gasteiger partial charge in [-0.1, -0.05) is 30.3 Å². The summed E-state index contributed by atoms with van der Waals surface area (Å²) < 4.78 is 5.92. The molecule has 1 aromatic carbocycles. The van der Waals surface area contributed by atoms with E-state index in [1.165, 1.54) is 6.42 Å². The first kappa shape index (κ1) is 22.6. The second-order valence-corrected chi connectivity index (χ2v) is 9.78. The third-order valence-electron chi connectivity index (χ3n) is 7.14. The van der Waals surface area contributed by atoms with Crippen LogP contribution in [-0.4, -0.2) is 70.1 Å². The molecule has 4 heterocycles. The van der Waals surface area contributed by atoms with Crippen molar-refractivity contribution in [2.24, 2.45) is 0 Å². The van der Waals surface area contributed by atoms with Crippen molar-refractivity contribution in [1.29, 1.82) is 0 Å². The fourth-order valence-corrected chi connectivity index (χ4v) is 5.31. The van der Waals surface area contributed by atoms with Crippen molar-refractivity contribution in [3.05, 3.63) is 53.3 Å². The molecule has 0 aliphatic carbocycles. The first-order valence-corrected chi connectivity index (χ1v) is 12.4. The summed E-state index contributed by atoms with van der Waals surface area (Å²) >= 11 is 0. The van der Waals surface area contributed by atoms with Gasteiger partial charge in [0.05, 0.1) is 6.54 Å². The Bertz CT molecular complexity index is 1040. The van der Waals surface area contributed by atoms with Crippen molar-refractivity contribution >= 4 is 17.9 Å². The molecule has 2 amide bonds. The molecule has 34 heavy (non-hydrogen) atoms. The van der Waals surface area contributed by atoms with Gasteiger partial charge in [0.15, 0.2) is 0 Å². The summed E-state index contributed by atoms with van der Waals surface area (Å²) in [6, 6.07) is 11.8. The summed E-state index contributed by atoms with van der Waals surface area (Å²) in [4.78, 5) is 41.1. The molecule has 3 aliphatic heterocycles. The molecule has 3 saturated heterocycles. The highest BCUT2D eigenvalue weighted by Gasteiger charge is 2.46. The number of amides is 2. The van der Waals surface area contributed by atoms with Gasteiger partial charge in [0, 0.05) is 44.8 Å². The molecule has 0 unspecified atom stereocenters. The van der Waals surface area contributed by atoms with Crippen LogP contribution in [0.4, 0.5) is 10.7 Å². The van der Waals surface area contributed by atoms with Crippen LogP contribution in [0, 0.1) is 6.92 Å². The van der Waals surface area contributed by atoms with Crippen molar-refractivity contribution in [2.45, 2.75) is 57.6 Å². The average molecular weight is 464 g/mol. The second-order valence-electron chi connectivity index (χ2n) is 9.78. The van der Waals surface area contributed by atoms with E-state index in [1.807, 2.05) is 42.2 Å². The lowest BCUT2D eigenvalue weighted by molar-refractivity contribution is 0.0438. The summed E-state index contributed by atoms with van der Waals surface area (Å²) in [5.74, 6) is 0.599. The number of nitrogens with zero attached hydrogens (tertiary/aromatic N) is 5. The molecule has 0 radical (unpaired) electrons. The standard InChI is InChI=1S/C26H33N5O3/c1-20-17-22(28-24(27-20)30-13-6-3-7-14-30)23(32)29-15-8-11-26(12-16-29)19-31(25(33)34-26)18-21-9-4-2-5-10-21/h2,4-5,9-10,17H,3,6-8,11-16,18-19H2,1H3/t26-/m0/s1. The van der Waals surface area contributed by atoms with E-state index in [2.05, 4.69) is 14.9 Å². The molecule has 5 rings (SSSR count). The van der Waals surface area contributed by atoms with Crippen molar-refractivity contribution in [2.75, 3.05) is 37.6 Å². The van der Waals surface area contributed by atoms with Gasteiger partial charge in [-0.2, -0.15) is 0 Å². The normalized spacial score (nSPS) is 23.2. The van der Waals surface area contributed by atoms with Crippen LogP contribution >= 0.6 is 0 Å². The maximum atomic E-state index is 13.4. The zero-order chi connectivity index (χ0) is 23.5. The Hall–Kier alpha value is -3.16. The first-order valence-electron chi connectivity index (χ1n) is 12.4. The Morgan fingerprint density at radius 2 is 1.79 bits per heavy atom. The van der Waals surface area contributed by atoms with E-state index in [4.69, 9.17) is 4.74 Å². The molecule has 1 spiro atoms. The molecule has 8 nitrogen and oxygen atoms in total. The summed E-state index contributed by atoms with van der Waals surface area (Å²) in [5.41, 5.74) is 1.83. The minimum absolute atomic E-state index is 0.0636. The van der Waals surface area contributed by atoms with Crippen molar-refractivity contribution in [3.63, 3.8) is 0 Å². The minimum atomic E-state index is -0.526. The molecule has 180 valence electrons. The fraction of sp³-hybridized carbons (Fsp3) is 0.538. The predicted molar refractivity (Wildman–Crippen MR) is 129 cm³/mol. The number of carbonyl (C=O) groups excluding carboxylic acids is 2. The van der Waals surface area contributed by atoms with E-state index >= 15 is 0 Å². The quantitative estimate of drug-likeness (QED) is 0.686. The molecule has 0 N–H and O–H groups in total. The molecular weight excluding hydrogens is 430 g/mol. The molecule has 3 fully saturated rings. The molecule has 1 atom stereocenters. The largest absolute Gasteiger partial charge is 0.441 e. The molecular formula is C26H33N5O3. The molecule has 3 aliphatic rings. The van der Waals surface area contributed by atoms with Gasteiger partial charge in [-0.15, -0.1) is 0 Å². The molecule has 0 saturated carbocycles. The molecule has 8 heteroatoms. The van der Waals surface area contributed by atoms with Gasteiger partial charge in [-0.25, -0.2) is 14.8 Å². The van der Waals surface area contributed by atoms with Gasteiger partial charge in [0.1, 0.15) is 11.3 Å². The van der Waals surface area contributed by atoms with Crippen molar-refractivity contribution in [3.8, 4) is 0 Å². The molecule has 0 bridgehead atoms. The highest BCUT2D eigenvalue weighted by Crippen LogP contribution is 2.34. The number of hydrogen-bond donors (Lipinski definition) is 0. The summed E-state index contributed by atoms with van der Waals surface area (Å²) in [5, 5.41) is 0. The first-order chi connectivity index (χ1) is 16.5. The number of ether oxygens (including phenoxy) is 1. The number of aryl methyl sites for hydroxylation is 1. The number of hydrogen-bond acceptors (Lipinski definition) is 6. The summed E-state index contributed by atoms with van der Waals surface area (Å²) in [7, 11) is 0. The third-order valence-corrected chi connectivity index (χ3v) is 7.14. The lowest BCUT2D eigenvalue weighted by Gasteiger charge is -2.28. The zero-order valence-corrected chi connectivity index (χ0v) is 19.9. The summed E-state index contributed by atoms with van der Waals surface area (Å²) in [6.45, 7) is 6.09. The van der Waals surface area contributed by atoms with E-state index in [9.17, 15) is 9.59 Å². The van der Waals surface area contributed by atoms with E-state index in [0.717, 1.165) is 50.0 Å². The number of anilines is 1. The Balaban J connectivity index is 1.25. The van der Waals surface area contributed by atoms with Crippen molar-refractivity contribution < 1.29 is 14.3 Å². The maximum Gasteiger partial charge on any atom is 0.410 e. The van der Waals surface area contributed by atoms with Crippen LogP contribution in [0.25, 0.3) is 0 Å². The van der Waals surface area contributed by atoms with Gasteiger partial charge in [0.2, 0.25) is 5.95 Å². The number of aromatic nitrogens is 2. The van der Waals surface area contributed by atoms with Crippen LogP contribution < -0.4 is 4.90 Å². The van der Waals surface area contributed by atoms with E-state index in [1.54, 1.807) is 11.0 Å². The van der Waals surface area contributed by atoms with E-state index in [0.29, 0.717) is 44.2 Å². The van der Waals surface area contributed by atoms with Gasteiger partial charge in [0.25, 0.3) is 5.91 Å². The van der Waals surface area contributed by atoms with Crippen LogP contribution in [0.3, 0.4) is 0 Å². The Morgan fingerprint density at radius 1 is 1.00 bits per heavy atom. The number of benzene rings is 1. The smallest absolute Gasteiger partial charge is 0.410 e. The van der Waals surface area contributed by atoms with Crippen LogP contribution in [-0.2, 0) is 11.3 Å². The zero-order valence-electron chi connectivity index (χ0n) is 19.9. The Kier molecular flexibility index (Phi) is 6.39. The van der Waals surface area contributed by atoms with Gasteiger partial charge in [-0.3, -0.25) is 9.69 Å². The number of piperidine rings is 1. The SMILES string of the molecule is Cc1cc(C(=O)N2CCC[C@]3(CC2)CN(Cc2ccccc2)C(=O)O3)nc(N2CCCCC2)n1. The second kappa shape index (κ2) is 9.60. The van der Waals surface area contributed by atoms with E-state index in [-0.39, 0.29) is 12.0 Å². The van der Waals surface area contributed by atoms with Gasteiger partial charge >= 0.3 is 6.09 Å². The topological polar surface area (TPSA) is 78.9 Å².